The van der Waals surface area contributed by atoms with E-state index in [1.54, 1.807) is 0 Å². The van der Waals surface area contributed by atoms with Gasteiger partial charge in [0.05, 0.1) is 24.2 Å². The van der Waals surface area contributed by atoms with Crippen LogP contribution < -0.4 is 0 Å². The summed E-state index contributed by atoms with van der Waals surface area (Å²) in [5, 5.41) is 11.9. The number of halogens is 3. The van der Waals surface area contributed by atoms with E-state index in [-0.39, 0.29) is 13.0 Å². The highest BCUT2D eigenvalue weighted by Crippen LogP contribution is 2.14. The van der Waals surface area contributed by atoms with Gasteiger partial charge in [0, 0.05) is 6.42 Å². The maximum absolute atomic E-state index is 11.8. The molecule has 0 aliphatic heterocycles. The molecule has 5 nitrogen and oxygen atoms in total. The van der Waals surface area contributed by atoms with Gasteiger partial charge in [-0.1, -0.05) is 5.16 Å². The summed E-state index contributed by atoms with van der Waals surface area (Å²) in [6.45, 7) is -1.40. The van der Waals surface area contributed by atoms with Gasteiger partial charge in [0.2, 0.25) is 5.89 Å². The van der Waals surface area contributed by atoms with Crippen LogP contribution in [0.4, 0.5) is 13.2 Å². The number of ether oxygens (including phenoxy) is 1. The van der Waals surface area contributed by atoms with Crippen molar-refractivity contribution in [2.75, 3.05) is 19.0 Å². The molecule has 0 fully saturated rings. The molecule has 0 unspecified atom stereocenters. The zero-order chi connectivity index (χ0) is 13.4. The summed E-state index contributed by atoms with van der Waals surface area (Å²) in [5.41, 5.74) is 0. The predicted octanol–water partition coefficient (Wildman–Crippen LogP) is 1.95. The standard InChI is InChI=1S/C9H10F3N3O2S/c10-9(11,12)6-16-3-1-7-14-8(17-15-7)5-18-4-2-13/h1,3-6H2. The number of rotatable bonds is 7. The molecular formula is C9H10F3N3O2S. The minimum Gasteiger partial charge on any atom is -0.372 e. The highest BCUT2D eigenvalue weighted by molar-refractivity contribution is 7.98. The molecule has 0 aliphatic carbocycles. The first-order chi connectivity index (χ1) is 8.51. The Kier molecular flexibility index (Phi) is 5.94. The molecule has 0 atom stereocenters. The molecule has 100 valence electrons. The SMILES string of the molecule is N#CCSCc1nc(CCOCC(F)(F)F)no1. The molecule has 0 aliphatic rings. The van der Waals surface area contributed by atoms with Crippen LogP contribution in [0, 0.1) is 11.3 Å². The van der Waals surface area contributed by atoms with Crippen LogP contribution in [0.15, 0.2) is 4.52 Å². The fraction of sp³-hybridized carbons (Fsp3) is 0.667. The van der Waals surface area contributed by atoms with Crippen LogP contribution in [-0.2, 0) is 16.9 Å². The minimum atomic E-state index is -4.32. The van der Waals surface area contributed by atoms with Crippen LogP contribution in [0.3, 0.4) is 0 Å². The van der Waals surface area contributed by atoms with E-state index in [2.05, 4.69) is 14.9 Å². The van der Waals surface area contributed by atoms with Gasteiger partial charge in [-0.25, -0.2) is 0 Å². The molecule has 0 spiro atoms. The molecule has 9 heteroatoms. The Hall–Kier alpha value is -1.27. The van der Waals surface area contributed by atoms with Gasteiger partial charge in [0.25, 0.3) is 0 Å². The van der Waals surface area contributed by atoms with Crippen LogP contribution in [0.1, 0.15) is 11.7 Å². The number of nitrogens with zero attached hydrogens (tertiary/aromatic N) is 3. The molecule has 0 saturated carbocycles. The molecular weight excluding hydrogens is 271 g/mol. The molecule has 0 aromatic carbocycles. The van der Waals surface area contributed by atoms with Crippen molar-refractivity contribution in [1.29, 1.82) is 5.26 Å². The lowest BCUT2D eigenvalue weighted by Gasteiger charge is -2.05. The largest absolute Gasteiger partial charge is 0.411 e. The second kappa shape index (κ2) is 7.23. The van der Waals surface area contributed by atoms with Crippen LogP contribution in [0.2, 0.25) is 0 Å². The highest BCUT2D eigenvalue weighted by atomic mass is 32.2. The van der Waals surface area contributed by atoms with Crippen LogP contribution in [0.25, 0.3) is 0 Å². The fourth-order valence-electron chi connectivity index (χ4n) is 0.986. The predicted molar refractivity (Wildman–Crippen MR) is 56.7 cm³/mol. The van der Waals surface area contributed by atoms with Gasteiger partial charge in [-0.2, -0.15) is 23.4 Å². The van der Waals surface area contributed by atoms with Crippen LogP contribution >= 0.6 is 11.8 Å². The third-order valence-electron chi connectivity index (χ3n) is 1.64. The average molecular weight is 281 g/mol. The van der Waals surface area contributed by atoms with Crippen molar-refractivity contribution in [2.24, 2.45) is 0 Å². The lowest BCUT2D eigenvalue weighted by atomic mass is 10.4. The quantitative estimate of drug-likeness (QED) is 0.711. The van der Waals surface area contributed by atoms with Crippen molar-refractivity contribution in [3.8, 4) is 6.07 Å². The number of thioether (sulfide) groups is 1. The van der Waals surface area contributed by atoms with E-state index in [4.69, 9.17) is 9.78 Å². The summed E-state index contributed by atoms with van der Waals surface area (Å²) in [4.78, 5) is 3.95. The van der Waals surface area contributed by atoms with Gasteiger partial charge in [0.1, 0.15) is 6.61 Å². The fourth-order valence-corrected chi connectivity index (χ4v) is 1.47. The summed E-state index contributed by atoms with van der Waals surface area (Å²) in [5.74, 6) is 1.36. The average Bonchev–Trinajstić information content (AvgIpc) is 2.72. The van der Waals surface area contributed by atoms with E-state index in [0.29, 0.717) is 23.2 Å². The molecule has 0 bridgehead atoms. The van der Waals surface area contributed by atoms with Crippen molar-refractivity contribution in [3.63, 3.8) is 0 Å². The van der Waals surface area contributed by atoms with Crippen molar-refractivity contribution >= 4 is 11.8 Å². The first kappa shape index (κ1) is 14.8. The second-order valence-corrected chi connectivity index (χ2v) is 4.16. The van der Waals surface area contributed by atoms with E-state index < -0.39 is 12.8 Å². The minimum absolute atomic E-state index is 0.121. The zero-order valence-electron chi connectivity index (χ0n) is 9.24. The molecule has 1 rings (SSSR count). The van der Waals surface area contributed by atoms with E-state index in [1.807, 2.05) is 6.07 Å². The first-order valence-electron chi connectivity index (χ1n) is 4.92. The Morgan fingerprint density at radius 3 is 2.89 bits per heavy atom. The zero-order valence-corrected chi connectivity index (χ0v) is 10.1. The lowest BCUT2D eigenvalue weighted by molar-refractivity contribution is -0.173. The normalized spacial score (nSPS) is 11.4. The number of alkyl halides is 3. The number of aromatic nitrogens is 2. The van der Waals surface area contributed by atoms with E-state index >= 15 is 0 Å². The molecule has 18 heavy (non-hydrogen) atoms. The Morgan fingerprint density at radius 2 is 2.22 bits per heavy atom. The van der Waals surface area contributed by atoms with E-state index in [0.717, 1.165) is 0 Å². The molecule has 1 aromatic rings. The summed E-state index contributed by atoms with van der Waals surface area (Å²) in [6, 6.07) is 1.95. The van der Waals surface area contributed by atoms with Crippen LogP contribution in [0.5, 0.6) is 0 Å². The highest BCUT2D eigenvalue weighted by Gasteiger charge is 2.27. The van der Waals surface area contributed by atoms with E-state index in [1.165, 1.54) is 11.8 Å². The summed E-state index contributed by atoms with van der Waals surface area (Å²) >= 11 is 1.31. The Morgan fingerprint density at radius 1 is 1.44 bits per heavy atom. The molecule has 0 N–H and O–H groups in total. The maximum Gasteiger partial charge on any atom is 0.411 e. The maximum atomic E-state index is 11.8. The molecule has 1 heterocycles. The molecule has 0 saturated heterocycles. The van der Waals surface area contributed by atoms with Gasteiger partial charge in [0.15, 0.2) is 5.82 Å². The van der Waals surface area contributed by atoms with E-state index in [9.17, 15) is 13.2 Å². The Labute approximate surface area is 105 Å². The van der Waals surface area contributed by atoms with Crippen molar-refractivity contribution in [2.45, 2.75) is 18.3 Å². The number of hydrogen-bond acceptors (Lipinski definition) is 6. The molecule has 0 amide bonds. The number of nitriles is 1. The number of hydrogen-bond donors (Lipinski definition) is 0. The molecule has 0 radical (unpaired) electrons. The van der Waals surface area contributed by atoms with Crippen molar-refractivity contribution in [3.05, 3.63) is 11.7 Å². The van der Waals surface area contributed by atoms with Gasteiger partial charge in [-0.05, 0) is 0 Å². The summed E-state index contributed by atoms with van der Waals surface area (Å²) in [6.07, 6.45) is -4.17. The van der Waals surface area contributed by atoms with Gasteiger partial charge in [-0.3, -0.25) is 0 Å². The van der Waals surface area contributed by atoms with Crippen LogP contribution in [-0.4, -0.2) is 35.3 Å². The Bertz CT molecular complexity index is 402. The second-order valence-electron chi connectivity index (χ2n) is 3.17. The van der Waals surface area contributed by atoms with Gasteiger partial charge < -0.3 is 9.26 Å². The first-order valence-corrected chi connectivity index (χ1v) is 6.07. The lowest BCUT2D eigenvalue weighted by Crippen LogP contribution is -2.18. The summed E-state index contributed by atoms with van der Waals surface area (Å²) < 4.78 is 44.5. The van der Waals surface area contributed by atoms with Crippen molar-refractivity contribution in [1.82, 2.24) is 10.1 Å². The smallest absolute Gasteiger partial charge is 0.372 e. The third kappa shape index (κ3) is 6.46. The van der Waals surface area contributed by atoms with Crippen molar-refractivity contribution < 1.29 is 22.4 Å². The monoisotopic (exact) mass is 281 g/mol. The summed E-state index contributed by atoms with van der Waals surface area (Å²) in [7, 11) is 0. The Balaban J connectivity index is 2.21. The molecule has 1 aromatic heterocycles. The van der Waals surface area contributed by atoms with Gasteiger partial charge in [-0.15, -0.1) is 11.8 Å². The topological polar surface area (TPSA) is 71.9 Å². The van der Waals surface area contributed by atoms with Gasteiger partial charge >= 0.3 is 6.18 Å². The third-order valence-corrected chi connectivity index (χ3v) is 2.42.